The van der Waals surface area contributed by atoms with Gasteiger partial charge in [0.05, 0.1) is 6.61 Å². The Morgan fingerprint density at radius 2 is 1.33 bits per heavy atom. The third-order valence-electron chi connectivity index (χ3n) is 2.15. The van der Waals surface area contributed by atoms with Crippen molar-refractivity contribution in [3.05, 3.63) is 0 Å². The number of rotatable bonds is 6. The summed E-state index contributed by atoms with van der Waals surface area (Å²) >= 11 is 0. The van der Waals surface area contributed by atoms with Gasteiger partial charge in [0.2, 0.25) is 0 Å². The first-order valence-corrected chi connectivity index (χ1v) is 5.06. The van der Waals surface area contributed by atoms with Gasteiger partial charge in [-0.25, -0.2) is 8.78 Å². The maximum atomic E-state index is 13.0. The van der Waals surface area contributed by atoms with Crippen molar-refractivity contribution < 1.29 is 39.9 Å². The van der Waals surface area contributed by atoms with E-state index in [0.29, 0.717) is 12.8 Å². The molecular formula is C9H12F8O. The molecule has 1 atom stereocenters. The lowest BCUT2D eigenvalue weighted by molar-refractivity contribution is -0.384. The maximum Gasteiger partial charge on any atom is 0.437 e. The lowest BCUT2D eigenvalue weighted by atomic mass is 10.1. The van der Waals surface area contributed by atoms with Crippen molar-refractivity contribution in [3.8, 4) is 0 Å². The lowest BCUT2D eigenvalue weighted by Gasteiger charge is -2.32. The van der Waals surface area contributed by atoms with Crippen molar-refractivity contribution in [2.24, 2.45) is 0 Å². The van der Waals surface area contributed by atoms with E-state index in [1.165, 1.54) is 0 Å². The number of halogens is 8. The molecule has 0 bridgehead atoms. The summed E-state index contributed by atoms with van der Waals surface area (Å²) in [5.74, 6) is 0. The average molecular weight is 288 g/mol. The Morgan fingerprint density at radius 3 is 1.67 bits per heavy atom. The van der Waals surface area contributed by atoms with E-state index in [-0.39, 0.29) is 6.42 Å². The molecule has 1 nitrogen and oxygen atoms in total. The monoisotopic (exact) mass is 288 g/mol. The van der Waals surface area contributed by atoms with Gasteiger partial charge in [0, 0.05) is 0 Å². The van der Waals surface area contributed by atoms with E-state index in [1.54, 1.807) is 6.92 Å². The van der Waals surface area contributed by atoms with Crippen LogP contribution in [0.2, 0.25) is 0 Å². The zero-order valence-electron chi connectivity index (χ0n) is 9.34. The van der Waals surface area contributed by atoms with Crippen molar-refractivity contribution in [3.63, 3.8) is 0 Å². The summed E-state index contributed by atoms with van der Waals surface area (Å²) in [6.07, 6.45) is -15.9. The summed E-state index contributed by atoms with van der Waals surface area (Å²) in [5, 5.41) is 0. The first-order chi connectivity index (χ1) is 7.98. The topological polar surface area (TPSA) is 9.23 Å². The van der Waals surface area contributed by atoms with Crippen LogP contribution in [0.25, 0.3) is 0 Å². The van der Waals surface area contributed by atoms with Gasteiger partial charge in [-0.05, 0) is 6.42 Å². The van der Waals surface area contributed by atoms with Crippen molar-refractivity contribution >= 4 is 0 Å². The number of unbranched alkanes of at least 4 members (excludes halogenated alkanes) is 2. The van der Waals surface area contributed by atoms with E-state index in [0.717, 1.165) is 0 Å². The molecule has 9 heteroatoms. The van der Waals surface area contributed by atoms with E-state index < -0.39 is 31.0 Å². The SMILES string of the molecule is CCCCCOC(F)C(F)(C(F)(F)F)C(F)(F)F. The Hall–Kier alpha value is -0.600. The Morgan fingerprint density at radius 1 is 0.889 bits per heavy atom. The molecule has 0 saturated heterocycles. The number of alkyl halides is 8. The predicted octanol–water partition coefficient (Wildman–Crippen LogP) is 4.32. The molecule has 0 saturated carbocycles. The highest BCUT2D eigenvalue weighted by atomic mass is 19.4. The molecule has 0 heterocycles. The minimum absolute atomic E-state index is 0.0444. The molecule has 0 aromatic carbocycles. The summed E-state index contributed by atoms with van der Waals surface area (Å²) in [7, 11) is 0. The van der Waals surface area contributed by atoms with Crippen LogP contribution in [0.4, 0.5) is 35.1 Å². The Labute approximate surface area is 98.1 Å². The van der Waals surface area contributed by atoms with Gasteiger partial charge in [0.1, 0.15) is 0 Å². The third kappa shape index (κ3) is 3.69. The fourth-order valence-corrected chi connectivity index (χ4v) is 1.07. The molecule has 0 aromatic heterocycles. The molecule has 0 aliphatic heterocycles. The summed E-state index contributed by atoms with van der Waals surface area (Å²) in [6, 6.07) is 0. The van der Waals surface area contributed by atoms with Gasteiger partial charge in [0.25, 0.3) is 6.36 Å². The average Bonchev–Trinajstić information content (AvgIpc) is 2.19. The van der Waals surface area contributed by atoms with Crippen LogP contribution in [0.1, 0.15) is 26.2 Å². The van der Waals surface area contributed by atoms with Gasteiger partial charge >= 0.3 is 18.0 Å². The highest BCUT2D eigenvalue weighted by Gasteiger charge is 2.77. The van der Waals surface area contributed by atoms with Crippen molar-refractivity contribution in [1.82, 2.24) is 0 Å². The van der Waals surface area contributed by atoms with Crippen LogP contribution in [0, 0.1) is 0 Å². The van der Waals surface area contributed by atoms with Crippen molar-refractivity contribution in [2.75, 3.05) is 6.61 Å². The second-order valence-corrected chi connectivity index (χ2v) is 3.60. The van der Waals surface area contributed by atoms with Crippen LogP contribution in [0.5, 0.6) is 0 Å². The highest BCUT2D eigenvalue weighted by molar-refractivity contribution is 4.97. The van der Waals surface area contributed by atoms with Crippen molar-refractivity contribution in [1.29, 1.82) is 0 Å². The van der Waals surface area contributed by atoms with Gasteiger partial charge in [-0.15, -0.1) is 0 Å². The Kier molecular flexibility index (Phi) is 5.83. The van der Waals surface area contributed by atoms with Gasteiger partial charge in [0.15, 0.2) is 0 Å². The van der Waals surface area contributed by atoms with Crippen molar-refractivity contribution in [2.45, 2.75) is 50.6 Å². The second kappa shape index (κ2) is 6.03. The third-order valence-corrected chi connectivity index (χ3v) is 2.15. The van der Waals surface area contributed by atoms with Gasteiger partial charge in [-0.1, -0.05) is 19.8 Å². The summed E-state index contributed by atoms with van der Waals surface area (Å²) < 4.78 is 102. The van der Waals surface area contributed by atoms with Crippen LogP contribution in [-0.2, 0) is 4.74 Å². The summed E-state index contributed by atoms with van der Waals surface area (Å²) in [6.45, 7) is 0.991. The molecule has 0 aromatic rings. The number of hydrogen-bond donors (Lipinski definition) is 0. The minimum Gasteiger partial charge on any atom is -0.345 e. The Balaban J connectivity index is 4.79. The van der Waals surface area contributed by atoms with E-state index in [1.807, 2.05) is 0 Å². The lowest BCUT2D eigenvalue weighted by Crippen LogP contribution is -2.60. The zero-order valence-corrected chi connectivity index (χ0v) is 9.34. The van der Waals surface area contributed by atoms with Crippen LogP contribution in [0.3, 0.4) is 0 Å². The number of ether oxygens (including phenoxy) is 1. The number of hydrogen-bond acceptors (Lipinski definition) is 1. The van der Waals surface area contributed by atoms with Gasteiger partial charge < -0.3 is 4.74 Å². The molecule has 0 rings (SSSR count). The standard InChI is InChI=1S/C9H12F8O/c1-2-3-4-5-18-6(10)7(11,8(12,13)14)9(15,16)17/h6H,2-5H2,1H3. The summed E-state index contributed by atoms with van der Waals surface area (Å²) in [5.41, 5.74) is -6.01. The molecule has 0 aliphatic carbocycles. The molecular weight excluding hydrogens is 276 g/mol. The summed E-state index contributed by atoms with van der Waals surface area (Å²) in [4.78, 5) is 0. The molecule has 0 N–H and O–H groups in total. The normalized spacial score (nSPS) is 15.8. The molecule has 18 heavy (non-hydrogen) atoms. The molecule has 0 fully saturated rings. The van der Waals surface area contributed by atoms with Crippen LogP contribution < -0.4 is 0 Å². The smallest absolute Gasteiger partial charge is 0.345 e. The predicted molar refractivity (Wildman–Crippen MR) is 46.3 cm³/mol. The first kappa shape index (κ1) is 17.4. The van der Waals surface area contributed by atoms with E-state index in [9.17, 15) is 35.1 Å². The van der Waals surface area contributed by atoms with Gasteiger partial charge in [-0.2, -0.15) is 26.3 Å². The molecule has 1 unspecified atom stereocenters. The fourth-order valence-electron chi connectivity index (χ4n) is 1.07. The van der Waals surface area contributed by atoms with E-state index in [4.69, 9.17) is 0 Å². The van der Waals surface area contributed by atoms with E-state index >= 15 is 0 Å². The maximum absolute atomic E-state index is 13.0. The molecule has 110 valence electrons. The van der Waals surface area contributed by atoms with Crippen LogP contribution >= 0.6 is 0 Å². The molecule has 0 amide bonds. The second-order valence-electron chi connectivity index (χ2n) is 3.60. The van der Waals surface area contributed by atoms with Crippen LogP contribution in [0.15, 0.2) is 0 Å². The molecule has 0 radical (unpaired) electrons. The zero-order chi connectivity index (χ0) is 14.6. The first-order valence-electron chi connectivity index (χ1n) is 5.06. The largest absolute Gasteiger partial charge is 0.437 e. The van der Waals surface area contributed by atoms with Crippen LogP contribution in [-0.4, -0.2) is 31.0 Å². The minimum atomic E-state index is -6.44. The highest BCUT2D eigenvalue weighted by Crippen LogP contribution is 2.49. The Bertz CT molecular complexity index is 232. The fraction of sp³-hybridized carbons (Fsp3) is 1.00. The molecule has 0 aliphatic rings. The van der Waals surface area contributed by atoms with Gasteiger partial charge in [-0.3, -0.25) is 0 Å². The van der Waals surface area contributed by atoms with E-state index in [2.05, 4.69) is 4.74 Å². The quantitative estimate of drug-likeness (QED) is 0.522. The molecule has 0 spiro atoms.